The molecule has 0 aromatic heterocycles. The van der Waals surface area contributed by atoms with E-state index in [1.807, 2.05) is 35.2 Å². The van der Waals surface area contributed by atoms with Crippen LogP contribution in [-0.2, 0) is 11.2 Å². The van der Waals surface area contributed by atoms with Crippen molar-refractivity contribution in [2.75, 3.05) is 31.8 Å². The van der Waals surface area contributed by atoms with Crippen LogP contribution < -0.4 is 9.64 Å². The number of nitrogens with zero attached hydrogens (tertiary/aromatic N) is 1. The molecule has 3 rings (SSSR count). The van der Waals surface area contributed by atoms with Crippen molar-refractivity contribution in [1.82, 2.24) is 0 Å². The number of benzene rings is 2. The first-order valence-corrected chi connectivity index (χ1v) is 8.31. The van der Waals surface area contributed by atoms with Crippen LogP contribution in [0.4, 0.5) is 5.69 Å². The van der Waals surface area contributed by atoms with Crippen LogP contribution in [0.5, 0.6) is 5.75 Å². The predicted octanol–water partition coefficient (Wildman–Crippen LogP) is 3.68. The molecule has 0 saturated carbocycles. The summed E-state index contributed by atoms with van der Waals surface area (Å²) in [5.74, 6) is 0.722. The Morgan fingerprint density at radius 3 is 2.83 bits per heavy atom. The van der Waals surface area contributed by atoms with Gasteiger partial charge in [0.1, 0.15) is 12.4 Å². The summed E-state index contributed by atoms with van der Waals surface area (Å²) >= 11 is 3.47. The zero-order valence-corrected chi connectivity index (χ0v) is 14.5. The molecule has 0 bridgehead atoms. The van der Waals surface area contributed by atoms with Crippen molar-refractivity contribution in [2.24, 2.45) is 0 Å². The van der Waals surface area contributed by atoms with Gasteiger partial charge in [-0.05, 0) is 52.2 Å². The van der Waals surface area contributed by atoms with Crippen LogP contribution in [-0.4, -0.2) is 32.8 Å². The molecule has 120 valence electrons. The van der Waals surface area contributed by atoms with Crippen molar-refractivity contribution in [3.05, 3.63) is 58.1 Å². The molecule has 23 heavy (non-hydrogen) atoms. The quantitative estimate of drug-likeness (QED) is 0.748. The lowest BCUT2D eigenvalue weighted by Gasteiger charge is -2.18. The van der Waals surface area contributed by atoms with Gasteiger partial charge in [0.15, 0.2) is 0 Å². The van der Waals surface area contributed by atoms with Crippen LogP contribution in [0.1, 0.15) is 15.9 Å². The minimum absolute atomic E-state index is 0.0130. The molecule has 1 amide bonds. The Kier molecular flexibility index (Phi) is 4.98. The molecule has 1 heterocycles. The minimum Gasteiger partial charge on any atom is -0.490 e. The molecule has 0 unspecified atom stereocenters. The summed E-state index contributed by atoms with van der Waals surface area (Å²) < 4.78 is 11.3. The van der Waals surface area contributed by atoms with Gasteiger partial charge in [-0.15, -0.1) is 0 Å². The number of hydrogen-bond donors (Lipinski definition) is 0. The molecule has 2 aromatic carbocycles. The Bertz CT molecular complexity index is 717. The summed E-state index contributed by atoms with van der Waals surface area (Å²) in [6.07, 6.45) is 0.904. The fourth-order valence-electron chi connectivity index (χ4n) is 2.69. The van der Waals surface area contributed by atoms with Gasteiger partial charge in [-0.25, -0.2) is 0 Å². The Balaban J connectivity index is 1.77. The minimum atomic E-state index is 0.0130. The normalized spacial score (nSPS) is 13.0. The smallest absolute Gasteiger partial charge is 0.258 e. The molecule has 0 saturated heterocycles. The number of methoxy groups -OCH3 is 1. The number of ether oxygens (including phenoxy) is 2. The molecule has 2 aromatic rings. The number of carbonyl (C=O) groups is 1. The van der Waals surface area contributed by atoms with Crippen molar-refractivity contribution in [3.63, 3.8) is 0 Å². The van der Waals surface area contributed by atoms with Gasteiger partial charge in [-0.2, -0.15) is 0 Å². The monoisotopic (exact) mass is 375 g/mol. The highest BCUT2D eigenvalue weighted by Gasteiger charge is 2.25. The van der Waals surface area contributed by atoms with Gasteiger partial charge in [-0.3, -0.25) is 4.79 Å². The van der Waals surface area contributed by atoms with Crippen LogP contribution in [0.25, 0.3) is 0 Å². The lowest BCUT2D eigenvalue weighted by Crippen LogP contribution is -2.28. The van der Waals surface area contributed by atoms with Gasteiger partial charge in [-0.1, -0.05) is 18.2 Å². The SMILES string of the molecule is COCCOc1ccc(C(=O)N2CCc3ccccc32)cc1Br. The lowest BCUT2D eigenvalue weighted by atomic mass is 10.1. The lowest BCUT2D eigenvalue weighted by molar-refractivity contribution is 0.0989. The molecule has 0 spiro atoms. The topological polar surface area (TPSA) is 38.8 Å². The Labute approximate surface area is 144 Å². The van der Waals surface area contributed by atoms with Crippen LogP contribution in [0.2, 0.25) is 0 Å². The van der Waals surface area contributed by atoms with E-state index in [1.54, 1.807) is 13.2 Å². The fraction of sp³-hybridized carbons (Fsp3) is 0.278. The second kappa shape index (κ2) is 7.15. The molecule has 0 aliphatic carbocycles. The summed E-state index contributed by atoms with van der Waals surface area (Å²) in [6, 6.07) is 13.5. The highest BCUT2D eigenvalue weighted by Crippen LogP contribution is 2.31. The number of anilines is 1. The van der Waals surface area contributed by atoms with Crippen LogP contribution >= 0.6 is 15.9 Å². The van der Waals surface area contributed by atoms with Crippen LogP contribution in [0.3, 0.4) is 0 Å². The van der Waals surface area contributed by atoms with Gasteiger partial charge in [0, 0.05) is 24.9 Å². The summed E-state index contributed by atoms with van der Waals surface area (Å²) in [5.41, 5.74) is 2.88. The number of fused-ring (bicyclic) bond motifs is 1. The second-order valence-corrected chi connectivity index (χ2v) is 6.18. The van der Waals surface area contributed by atoms with Gasteiger partial charge in [0.25, 0.3) is 5.91 Å². The average Bonchev–Trinajstić information content (AvgIpc) is 3.00. The van der Waals surface area contributed by atoms with E-state index in [1.165, 1.54) is 5.56 Å². The van der Waals surface area contributed by atoms with Gasteiger partial charge in [0.2, 0.25) is 0 Å². The molecular formula is C18H18BrNO3. The first kappa shape index (κ1) is 16.0. The second-order valence-electron chi connectivity index (χ2n) is 5.32. The molecular weight excluding hydrogens is 358 g/mol. The Hall–Kier alpha value is -1.85. The van der Waals surface area contributed by atoms with E-state index in [2.05, 4.69) is 22.0 Å². The van der Waals surface area contributed by atoms with Gasteiger partial charge in [0.05, 0.1) is 11.1 Å². The van der Waals surface area contributed by atoms with E-state index in [-0.39, 0.29) is 5.91 Å². The Morgan fingerprint density at radius 1 is 1.22 bits per heavy atom. The van der Waals surface area contributed by atoms with Crippen molar-refractivity contribution < 1.29 is 14.3 Å². The van der Waals surface area contributed by atoms with Crippen molar-refractivity contribution in [1.29, 1.82) is 0 Å². The summed E-state index contributed by atoms with van der Waals surface area (Å²) in [6.45, 7) is 1.72. The zero-order valence-electron chi connectivity index (χ0n) is 12.9. The molecule has 0 atom stereocenters. The van der Waals surface area contributed by atoms with E-state index in [9.17, 15) is 4.79 Å². The van der Waals surface area contributed by atoms with E-state index < -0.39 is 0 Å². The maximum absolute atomic E-state index is 12.8. The third kappa shape index (κ3) is 3.41. The number of carbonyl (C=O) groups excluding carboxylic acids is 1. The molecule has 0 fully saturated rings. The highest BCUT2D eigenvalue weighted by molar-refractivity contribution is 9.10. The standard InChI is InChI=1S/C18H18BrNO3/c1-22-10-11-23-17-7-6-14(12-15(17)19)18(21)20-9-8-13-4-2-3-5-16(13)20/h2-7,12H,8-11H2,1H3. The predicted molar refractivity (Wildman–Crippen MR) is 93.3 cm³/mol. The third-order valence-corrected chi connectivity index (χ3v) is 4.48. The van der Waals surface area contributed by atoms with Crippen molar-refractivity contribution in [3.8, 4) is 5.75 Å². The number of amides is 1. The highest BCUT2D eigenvalue weighted by atomic mass is 79.9. The molecule has 5 heteroatoms. The Morgan fingerprint density at radius 2 is 2.04 bits per heavy atom. The maximum atomic E-state index is 12.8. The van der Waals surface area contributed by atoms with E-state index in [0.717, 1.165) is 23.1 Å². The molecule has 0 N–H and O–H groups in total. The summed E-state index contributed by atoms with van der Waals surface area (Å²) in [5, 5.41) is 0. The number of rotatable bonds is 5. The van der Waals surface area contributed by atoms with Crippen molar-refractivity contribution >= 4 is 27.5 Å². The molecule has 4 nitrogen and oxygen atoms in total. The largest absolute Gasteiger partial charge is 0.490 e. The molecule has 1 aliphatic rings. The van der Waals surface area contributed by atoms with E-state index in [4.69, 9.17) is 9.47 Å². The first-order valence-electron chi connectivity index (χ1n) is 7.52. The molecule has 1 aliphatic heterocycles. The summed E-state index contributed by atoms with van der Waals surface area (Å²) in [7, 11) is 1.63. The number of para-hydroxylation sites is 1. The fourth-order valence-corrected chi connectivity index (χ4v) is 3.18. The average molecular weight is 376 g/mol. The number of hydrogen-bond acceptors (Lipinski definition) is 3. The first-order chi connectivity index (χ1) is 11.2. The molecule has 0 radical (unpaired) electrons. The van der Waals surface area contributed by atoms with E-state index >= 15 is 0 Å². The van der Waals surface area contributed by atoms with Crippen LogP contribution in [0.15, 0.2) is 46.9 Å². The third-order valence-electron chi connectivity index (χ3n) is 3.86. The zero-order chi connectivity index (χ0) is 16.2. The van der Waals surface area contributed by atoms with Gasteiger partial charge >= 0.3 is 0 Å². The summed E-state index contributed by atoms with van der Waals surface area (Å²) in [4.78, 5) is 14.6. The van der Waals surface area contributed by atoms with Crippen LogP contribution in [0, 0.1) is 0 Å². The van der Waals surface area contributed by atoms with Crippen molar-refractivity contribution in [2.45, 2.75) is 6.42 Å². The van der Waals surface area contributed by atoms with E-state index in [0.29, 0.717) is 24.5 Å². The maximum Gasteiger partial charge on any atom is 0.258 e. The van der Waals surface area contributed by atoms with Gasteiger partial charge < -0.3 is 14.4 Å². The number of halogens is 1.